The minimum absolute atomic E-state index is 0.265. The maximum absolute atomic E-state index is 11.3. The van der Waals surface area contributed by atoms with Crippen molar-refractivity contribution in [3.05, 3.63) is 0 Å². The van der Waals surface area contributed by atoms with Crippen molar-refractivity contribution in [2.45, 2.75) is 46.5 Å². The van der Waals surface area contributed by atoms with Gasteiger partial charge in [-0.15, -0.1) is 0 Å². The monoisotopic (exact) mass is 188 g/mol. The molecule has 0 bridgehead atoms. The molecule has 0 aliphatic heterocycles. The molecule has 0 fully saturated rings. The second-order valence-electron chi connectivity index (χ2n) is 3.15. The van der Waals surface area contributed by atoms with E-state index in [9.17, 15) is 4.79 Å². The fourth-order valence-electron chi connectivity index (χ4n) is 1.10. The van der Waals surface area contributed by atoms with Gasteiger partial charge in [-0.25, -0.2) is 0 Å². The molecular weight excluding hydrogens is 168 g/mol. The Bertz CT molecular complexity index is 123. The zero-order valence-corrected chi connectivity index (χ0v) is 9.25. The van der Waals surface area contributed by atoms with E-state index < -0.39 is 0 Å². The maximum Gasteiger partial charge on any atom is 0.191 e. The van der Waals surface area contributed by atoms with Crippen LogP contribution in [0, 0.1) is 5.92 Å². The molecule has 0 aromatic heterocycles. The summed E-state index contributed by atoms with van der Waals surface area (Å²) < 4.78 is 0. The Hall–Kier alpha value is 0.0200. The molecule has 1 atom stereocenters. The Morgan fingerprint density at radius 1 is 1.33 bits per heavy atom. The number of rotatable bonds is 6. The molecular formula is C10H20OS. The average Bonchev–Trinajstić information content (AvgIpc) is 2.05. The molecule has 0 aliphatic rings. The minimum atomic E-state index is 0.265. The molecule has 2 heteroatoms. The number of carbonyl (C=O) groups is 1. The van der Waals surface area contributed by atoms with Gasteiger partial charge in [0.2, 0.25) is 0 Å². The molecule has 0 amide bonds. The van der Waals surface area contributed by atoms with Gasteiger partial charge in [0, 0.05) is 5.92 Å². The largest absolute Gasteiger partial charge is 0.287 e. The van der Waals surface area contributed by atoms with Crippen LogP contribution in [-0.2, 0) is 4.79 Å². The smallest absolute Gasteiger partial charge is 0.191 e. The highest BCUT2D eigenvalue weighted by Gasteiger charge is 2.11. The van der Waals surface area contributed by atoms with Gasteiger partial charge >= 0.3 is 0 Å². The average molecular weight is 188 g/mol. The molecule has 0 spiro atoms. The fourth-order valence-corrected chi connectivity index (χ4v) is 1.79. The van der Waals surface area contributed by atoms with Gasteiger partial charge < -0.3 is 0 Å². The van der Waals surface area contributed by atoms with Crippen LogP contribution in [0.2, 0.25) is 0 Å². The van der Waals surface area contributed by atoms with Crippen molar-refractivity contribution in [2.24, 2.45) is 5.92 Å². The Morgan fingerprint density at radius 3 is 2.50 bits per heavy atom. The van der Waals surface area contributed by atoms with E-state index in [1.165, 1.54) is 31.0 Å². The quantitative estimate of drug-likeness (QED) is 0.594. The number of carbonyl (C=O) groups excluding carboxylic acids is 1. The lowest BCUT2D eigenvalue weighted by Gasteiger charge is -2.07. The Kier molecular flexibility index (Phi) is 7.67. The predicted molar refractivity (Wildman–Crippen MR) is 56.4 cm³/mol. The Labute approximate surface area is 80.3 Å². The SMILES string of the molecule is CCCCCC(C)C(=O)SCC. The van der Waals surface area contributed by atoms with Crippen LogP contribution < -0.4 is 0 Å². The maximum atomic E-state index is 11.3. The summed E-state index contributed by atoms with van der Waals surface area (Å²) in [6, 6.07) is 0. The number of hydrogen-bond donors (Lipinski definition) is 0. The van der Waals surface area contributed by atoms with E-state index >= 15 is 0 Å². The molecule has 0 saturated heterocycles. The standard InChI is InChI=1S/C10H20OS/c1-4-6-7-8-9(3)10(11)12-5-2/h9H,4-8H2,1-3H3. The molecule has 12 heavy (non-hydrogen) atoms. The summed E-state index contributed by atoms with van der Waals surface area (Å²) in [7, 11) is 0. The molecule has 0 radical (unpaired) electrons. The van der Waals surface area contributed by atoms with Crippen LogP contribution in [0.15, 0.2) is 0 Å². The molecule has 1 unspecified atom stereocenters. The summed E-state index contributed by atoms with van der Waals surface area (Å²) in [5.41, 5.74) is 0. The van der Waals surface area contributed by atoms with Crippen LogP contribution in [-0.4, -0.2) is 10.9 Å². The fraction of sp³-hybridized carbons (Fsp3) is 0.900. The summed E-state index contributed by atoms with van der Waals surface area (Å²) in [5.74, 6) is 1.18. The van der Waals surface area contributed by atoms with E-state index in [2.05, 4.69) is 6.92 Å². The summed E-state index contributed by atoms with van der Waals surface area (Å²) in [5, 5.41) is 0.369. The van der Waals surface area contributed by atoms with E-state index in [-0.39, 0.29) is 5.92 Å². The molecule has 0 aromatic carbocycles. The van der Waals surface area contributed by atoms with Gasteiger partial charge in [0.05, 0.1) is 0 Å². The van der Waals surface area contributed by atoms with Gasteiger partial charge in [0.1, 0.15) is 0 Å². The third kappa shape index (κ3) is 5.64. The highest BCUT2D eigenvalue weighted by molar-refractivity contribution is 8.13. The molecule has 0 saturated carbocycles. The van der Waals surface area contributed by atoms with E-state index in [0.29, 0.717) is 5.12 Å². The minimum Gasteiger partial charge on any atom is -0.287 e. The summed E-state index contributed by atoms with van der Waals surface area (Å²) >= 11 is 1.46. The first-order valence-corrected chi connectivity index (χ1v) is 5.87. The normalized spacial score (nSPS) is 12.9. The number of hydrogen-bond acceptors (Lipinski definition) is 2. The molecule has 0 aromatic rings. The summed E-state index contributed by atoms with van der Waals surface area (Å²) in [6.07, 6.45) is 4.77. The van der Waals surface area contributed by atoms with Gasteiger partial charge in [-0.2, -0.15) is 0 Å². The molecule has 0 rings (SSSR count). The zero-order valence-electron chi connectivity index (χ0n) is 8.43. The van der Waals surface area contributed by atoms with E-state index in [0.717, 1.165) is 12.2 Å². The first-order chi connectivity index (χ1) is 5.72. The van der Waals surface area contributed by atoms with Crippen LogP contribution in [0.5, 0.6) is 0 Å². The van der Waals surface area contributed by atoms with E-state index in [4.69, 9.17) is 0 Å². The van der Waals surface area contributed by atoms with Gasteiger partial charge in [-0.1, -0.05) is 51.8 Å². The molecule has 0 N–H and O–H groups in total. The van der Waals surface area contributed by atoms with Crippen LogP contribution >= 0.6 is 11.8 Å². The Balaban J connectivity index is 3.42. The number of thioether (sulfide) groups is 1. The van der Waals surface area contributed by atoms with Crippen molar-refractivity contribution in [2.75, 3.05) is 5.75 Å². The van der Waals surface area contributed by atoms with Crippen molar-refractivity contribution >= 4 is 16.9 Å². The van der Waals surface area contributed by atoms with Crippen LogP contribution in [0.25, 0.3) is 0 Å². The first-order valence-electron chi connectivity index (χ1n) is 4.89. The lowest BCUT2D eigenvalue weighted by molar-refractivity contribution is -0.114. The van der Waals surface area contributed by atoms with Crippen LogP contribution in [0.3, 0.4) is 0 Å². The summed E-state index contributed by atoms with van der Waals surface area (Å²) in [6.45, 7) is 6.26. The van der Waals surface area contributed by atoms with Crippen molar-refractivity contribution in [1.82, 2.24) is 0 Å². The summed E-state index contributed by atoms with van der Waals surface area (Å²) in [4.78, 5) is 11.3. The molecule has 72 valence electrons. The second kappa shape index (κ2) is 7.66. The van der Waals surface area contributed by atoms with Crippen molar-refractivity contribution in [1.29, 1.82) is 0 Å². The third-order valence-corrected chi connectivity index (χ3v) is 2.91. The van der Waals surface area contributed by atoms with Gasteiger partial charge in [-0.05, 0) is 12.2 Å². The van der Waals surface area contributed by atoms with Crippen molar-refractivity contribution in [3.8, 4) is 0 Å². The molecule has 0 heterocycles. The lowest BCUT2D eigenvalue weighted by Crippen LogP contribution is -2.06. The van der Waals surface area contributed by atoms with Crippen molar-refractivity contribution in [3.63, 3.8) is 0 Å². The lowest BCUT2D eigenvalue weighted by atomic mass is 10.1. The second-order valence-corrected chi connectivity index (χ2v) is 4.42. The van der Waals surface area contributed by atoms with E-state index in [1.54, 1.807) is 0 Å². The highest BCUT2D eigenvalue weighted by Crippen LogP contribution is 2.16. The zero-order chi connectivity index (χ0) is 9.40. The Morgan fingerprint density at radius 2 is 2.00 bits per heavy atom. The van der Waals surface area contributed by atoms with E-state index in [1.807, 2.05) is 13.8 Å². The topological polar surface area (TPSA) is 17.1 Å². The number of unbranched alkanes of at least 4 members (excludes halogenated alkanes) is 2. The van der Waals surface area contributed by atoms with Gasteiger partial charge in [0.15, 0.2) is 5.12 Å². The predicted octanol–water partition coefficient (Wildman–Crippen LogP) is 3.48. The van der Waals surface area contributed by atoms with Crippen molar-refractivity contribution < 1.29 is 4.79 Å². The van der Waals surface area contributed by atoms with Crippen LogP contribution in [0.1, 0.15) is 46.5 Å². The molecule has 0 aliphatic carbocycles. The van der Waals surface area contributed by atoms with Gasteiger partial charge in [-0.3, -0.25) is 4.79 Å². The third-order valence-electron chi connectivity index (χ3n) is 1.93. The first kappa shape index (κ1) is 12.0. The van der Waals surface area contributed by atoms with Crippen LogP contribution in [0.4, 0.5) is 0 Å². The highest BCUT2D eigenvalue weighted by atomic mass is 32.2. The molecule has 1 nitrogen and oxygen atoms in total. The van der Waals surface area contributed by atoms with Gasteiger partial charge in [0.25, 0.3) is 0 Å².